The smallest absolute Gasteiger partial charge is 0.256 e. The van der Waals surface area contributed by atoms with E-state index in [4.69, 9.17) is 0 Å². The van der Waals surface area contributed by atoms with Crippen LogP contribution in [0.2, 0.25) is 0 Å². The monoisotopic (exact) mass is 534 g/mol. The Morgan fingerprint density at radius 1 is 1.11 bits per heavy atom. The summed E-state index contributed by atoms with van der Waals surface area (Å²) in [7, 11) is -1.87. The molecule has 4 heterocycles. The lowest BCUT2D eigenvalue weighted by Gasteiger charge is -2.24. The summed E-state index contributed by atoms with van der Waals surface area (Å²) >= 11 is 0. The molecule has 38 heavy (non-hydrogen) atoms. The standard InChI is InChI=1S/C27H30N6O4S/c1-16(17-9-10-17)33-15-19-12-18(13-21(38(3,36)37)26(19)27(33)35)20-14-23(30-31(20)2)28-22-6-4-7-24(29-22)32-11-5-8-25(32)34/h4,6-7,12-14,16-17H,5,8-11,15H2,1-3H3,(H,28,29,30)/t16-/m0/s1. The highest BCUT2D eigenvalue weighted by molar-refractivity contribution is 7.90. The number of pyridine rings is 1. The first kappa shape index (κ1) is 24.6. The lowest BCUT2D eigenvalue weighted by molar-refractivity contribution is -0.117. The Balaban J connectivity index is 1.33. The minimum Gasteiger partial charge on any atom is -0.331 e. The number of aromatic nitrogens is 3. The zero-order valence-electron chi connectivity index (χ0n) is 21.6. The van der Waals surface area contributed by atoms with Crippen LogP contribution in [0.5, 0.6) is 0 Å². The molecule has 1 atom stereocenters. The predicted molar refractivity (Wildman–Crippen MR) is 143 cm³/mol. The van der Waals surface area contributed by atoms with Crippen molar-refractivity contribution in [3.05, 3.63) is 47.5 Å². The molecule has 3 aliphatic rings. The number of anilines is 3. The number of nitrogens with one attached hydrogen (secondary N) is 1. The van der Waals surface area contributed by atoms with E-state index < -0.39 is 9.84 Å². The van der Waals surface area contributed by atoms with Gasteiger partial charge in [0, 0.05) is 50.5 Å². The van der Waals surface area contributed by atoms with Crippen LogP contribution in [0.25, 0.3) is 11.3 Å². The molecule has 3 aromatic rings. The van der Waals surface area contributed by atoms with E-state index in [1.165, 1.54) is 0 Å². The van der Waals surface area contributed by atoms with Crippen molar-refractivity contribution in [3.63, 3.8) is 0 Å². The van der Waals surface area contributed by atoms with Crippen LogP contribution in [0.4, 0.5) is 17.5 Å². The summed E-state index contributed by atoms with van der Waals surface area (Å²) in [6.07, 6.45) is 4.69. The molecular weight excluding hydrogens is 504 g/mol. The molecular formula is C27H30N6O4S. The van der Waals surface area contributed by atoms with Gasteiger partial charge in [0.1, 0.15) is 11.6 Å². The van der Waals surface area contributed by atoms with Crippen LogP contribution in [0, 0.1) is 5.92 Å². The van der Waals surface area contributed by atoms with Crippen LogP contribution in [0.15, 0.2) is 41.3 Å². The number of carbonyl (C=O) groups is 2. The van der Waals surface area contributed by atoms with Crippen molar-refractivity contribution in [2.45, 2.75) is 50.1 Å². The molecule has 1 saturated heterocycles. The van der Waals surface area contributed by atoms with E-state index in [0.29, 0.717) is 59.7 Å². The number of carbonyl (C=O) groups excluding carboxylic acids is 2. The zero-order valence-corrected chi connectivity index (χ0v) is 22.5. The van der Waals surface area contributed by atoms with E-state index in [9.17, 15) is 18.0 Å². The van der Waals surface area contributed by atoms with Gasteiger partial charge in [0.15, 0.2) is 15.7 Å². The van der Waals surface area contributed by atoms with Crippen molar-refractivity contribution in [3.8, 4) is 11.3 Å². The highest BCUT2D eigenvalue weighted by atomic mass is 32.2. The van der Waals surface area contributed by atoms with Crippen LogP contribution < -0.4 is 10.2 Å². The minimum atomic E-state index is -3.65. The lowest BCUT2D eigenvalue weighted by atomic mass is 10.0. The summed E-state index contributed by atoms with van der Waals surface area (Å²) in [6, 6.07) is 10.8. The van der Waals surface area contributed by atoms with Gasteiger partial charge < -0.3 is 10.2 Å². The Labute approximate surface area is 221 Å². The van der Waals surface area contributed by atoms with Crippen LogP contribution in [0.3, 0.4) is 0 Å². The first-order valence-electron chi connectivity index (χ1n) is 12.9. The van der Waals surface area contributed by atoms with Gasteiger partial charge in [0.25, 0.3) is 5.91 Å². The molecule has 198 valence electrons. The molecule has 1 N–H and O–H groups in total. The molecule has 2 aromatic heterocycles. The summed E-state index contributed by atoms with van der Waals surface area (Å²) in [5, 5.41) is 7.76. The number of hydrogen-bond acceptors (Lipinski definition) is 7. The minimum absolute atomic E-state index is 0.0563. The fourth-order valence-corrected chi connectivity index (χ4v) is 6.44. The Morgan fingerprint density at radius 2 is 1.89 bits per heavy atom. The maximum atomic E-state index is 13.3. The van der Waals surface area contributed by atoms with Gasteiger partial charge in [-0.15, -0.1) is 0 Å². The summed E-state index contributed by atoms with van der Waals surface area (Å²) in [4.78, 5) is 33.6. The average molecular weight is 535 g/mol. The topological polar surface area (TPSA) is 117 Å². The van der Waals surface area contributed by atoms with Crippen LogP contribution in [-0.4, -0.2) is 58.7 Å². The van der Waals surface area contributed by atoms with Gasteiger partial charge in [-0.05, 0) is 61.9 Å². The van der Waals surface area contributed by atoms with Gasteiger partial charge >= 0.3 is 0 Å². The summed E-state index contributed by atoms with van der Waals surface area (Å²) < 4.78 is 27.3. The Kier molecular flexibility index (Phi) is 5.78. The van der Waals surface area contributed by atoms with Crippen molar-refractivity contribution in [2.24, 2.45) is 13.0 Å². The molecule has 10 nitrogen and oxygen atoms in total. The van der Waals surface area contributed by atoms with Crippen LogP contribution in [-0.2, 0) is 28.2 Å². The zero-order chi connectivity index (χ0) is 26.8. The third-order valence-corrected chi connectivity index (χ3v) is 8.83. The van der Waals surface area contributed by atoms with Gasteiger partial charge in [-0.25, -0.2) is 13.4 Å². The predicted octanol–water partition coefficient (Wildman–Crippen LogP) is 3.51. The third-order valence-electron chi connectivity index (χ3n) is 7.71. The fraction of sp³-hybridized carbons (Fsp3) is 0.407. The average Bonchev–Trinajstić information content (AvgIpc) is 3.41. The molecule has 1 saturated carbocycles. The highest BCUT2D eigenvalue weighted by Crippen LogP contribution is 2.41. The maximum Gasteiger partial charge on any atom is 0.256 e. The summed E-state index contributed by atoms with van der Waals surface area (Å²) in [5.74, 6) is 2.02. The summed E-state index contributed by atoms with van der Waals surface area (Å²) in [5.41, 5.74) is 2.39. The van der Waals surface area contributed by atoms with Gasteiger partial charge in [0.2, 0.25) is 5.91 Å². The second-order valence-corrected chi connectivity index (χ2v) is 12.5. The molecule has 0 bridgehead atoms. The Morgan fingerprint density at radius 3 is 2.58 bits per heavy atom. The largest absolute Gasteiger partial charge is 0.331 e. The molecule has 0 radical (unpaired) electrons. The quantitative estimate of drug-likeness (QED) is 0.493. The van der Waals surface area contributed by atoms with Crippen molar-refractivity contribution in [2.75, 3.05) is 23.0 Å². The molecule has 1 aromatic carbocycles. The van der Waals surface area contributed by atoms with Gasteiger partial charge in [-0.1, -0.05) is 6.07 Å². The van der Waals surface area contributed by atoms with Gasteiger partial charge in [-0.2, -0.15) is 5.10 Å². The molecule has 2 amide bonds. The molecule has 1 aliphatic carbocycles. The van der Waals surface area contributed by atoms with Crippen molar-refractivity contribution >= 4 is 39.1 Å². The van der Waals surface area contributed by atoms with E-state index >= 15 is 0 Å². The number of aryl methyl sites for hydroxylation is 1. The van der Waals surface area contributed by atoms with Crippen LogP contribution in [0.1, 0.15) is 48.5 Å². The normalized spacial score (nSPS) is 18.3. The number of hydrogen-bond donors (Lipinski definition) is 1. The van der Waals surface area contributed by atoms with E-state index in [0.717, 1.165) is 31.1 Å². The van der Waals surface area contributed by atoms with E-state index in [-0.39, 0.29) is 22.8 Å². The lowest BCUT2D eigenvalue weighted by Crippen LogP contribution is -2.35. The molecule has 11 heteroatoms. The van der Waals surface area contributed by atoms with Crippen molar-refractivity contribution in [1.29, 1.82) is 0 Å². The van der Waals surface area contributed by atoms with E-state index in [1.54, 1.807) is 33.7 Å². The first-order chi connectivity index (χ1) is 18.1. The molecule has 0 unspecified atom stereocenters. The van der Waals surface area contributed by atoms with Gasteiger partial charge in [0.05, 0.1) is 16.2 Å². The second kappa shape index (κ2) is 8.93. The molecule has 0 spiro atoms. The number of fused-ring (bicyclic) bond motifs is 1. The first-order valence-corrected chi connectivity index (χ1v) is 14.8. The fourth-order valence-electron chi connectivity index (χ4n) is 5.51. The van der Waals surface area contributed by atoms with Crippen molar-refractivity contribution < 1.29 is 18.0 Å². The summed E-state index contributed by atoms with van der Waals surface area (Å²) in [6.45, 7) is 3.10. The van der Waals surface area contributed by atoms with E-state index in [2.05, 4.69) is 15.4 Å². The Hall–Kier alpha value is -3.73. The van der Waals surface area contributed by atoms with Gasteiger partial charge in [-0.3, -0.25) is 19.2 Å². The number of nitrogens with zero attached hydrogens (tertiary/aromatic N) is 5. The molecule has 6 rings (SSSR count). The number of sulfone groups is 1. The third kappa shape index (κ3) is 4.34. The Bertz CT molecular complexity index is 1580. The van der Waals surface area contributed by atoms with Crippen LogP contribution >= 0.6 is 0 Å². The maximum absolute atomic E-state index is 13.3. The SMILES string of the molecule is C[C@@H](C1CC1)N1Cc2cc(-c3cc(Nc4cccc(N5CCCC5=O)n4)nn3C)cc(S(C)(=O)=O)c2C1=O. The number of amides is 2. The second-order valence-electron chi connectivity index (χ2n) is 10.5. The number of benzene rings is 1. The van der Waals surface area contributed by atoms with Crippen molar-refractivity contribution in [1.82, 2.24) is 19.7 Å². The highest BCUT2D eigenvalue weighted by Gasteiger charge is 2.41. The molecule has 2 aliphatic heterocycles. The molecule has 2 fully saturated rings. The number of rotatable bonds is 7. The van der Waals surface area contributed by atoms with E-state index in [1.807, 2.05) is 31.2 Å².